The summed E-state index contributed by atoms with van der Waals surface area (Å²) in [5, 5.41) is 11.2. The Balaban J connectivity index is 2.72. The molecule has 0 aliphatic heterocycles. The van der Waals surface area contributed by atoms with Crippen LogP contribution in [0.25, 0.3) is 0 Å². The lowest BCUT2D eigenvalue weighted by Crippen LogP contribution is -2.26. The average molecular weight is 327 g/mol. The van der Waals surface area contributed by atoms with Crippen molar-refractivity contribution in [3.05, 3.63) is 31.8 Å². The SMILES string of the molecule is CC(=O)N(C)c1c([N+](=O)[O-])cc(Br)c2c1CCCC2. The number of carbonyl (C=O) groups excluding carboxylic acids is 1. The van der Waals surface area contributed by atoms with E-state index in [4.69, 9.17) is 0 Å². The number of nitrogens with zero attached hydrogens (tertiary/aromatic N) is 2. The number of amides is 1. The van der Waals surface area contributed by atoms with Gasteiger partial charge in [-0.1, -0.05) is 15.9 Å². The number of hydrogen-bond acceptors (Lipinski definition) is 3. The molecule has 1 aromatic rings. The number of carbonyl (C=O) groups is 1. The van der Waals surface area contributed by atoms with Crippen LogP contribution >= 0.6 is 15.9 Å². The second-order valence-electron chi connectivity index (χ2n) is 4.73. The molecule has 102 valence electrons. The smallest absolute Gasteiger partial charge is 0.294 e. The summed E-state index contributed by atoms with van der Waals surface area (Å²) < 4.78 is 0.773. The monoisotopic (exact) mass is 326 g/mol. The molecule has 5 nitrogen and oxygen atoms in total. The minimum atomic E-state index is -0.422. The third-order valence-electron chi connectivity index (χ3n) is 3.55. The lowest BCUT2D eigenvalue weighted by molar-refractivity contribution is -0.384. The zero-order valence-corrected chi connectivity index (χ0v) is 12.5. The molecule has 2 rings (SSSR count). The molecule has 6 heteroatoms. The van der Waals surface area contributed by atoms with Crippen LogP contribution in [0.5, 0.6) is 0 Å². The fourth-order valence-corrected chi connectivity index (χ4v) is 3.19. The van der Waals surface area contributed by atoms with E-state index >= 15 is 0 Å². The first-order chi connectivity index (χ1) is 8.93. The van der Waals surface area contributed by atoms with Crippen LogP contribution in [0.15, 0.2) is 10.5 Å². The first kappa shape index (κ1) is 14.0. The Morgan fingerprint density at radius 3 is 2.47 bits per heavy atom. The molecule has 1 aliphatic carbocycles. The maximum absolute atomic E-state index is 11.6. The molecule has 0 bridgehead atoms. The van der Waals surface area contributed by atoms with Gasteiger partial charge in [0.2, 0.25) is 5.91 Å². The van der Waals surface area contributed by atoms with Crippen LogP contribution in [0.1, 0.15) is 30.9 Å². The first-order valence-corrected chi connectivity index (χ1v) is 6.95. The van der Waals surface area contributed by atoms with Crippen LogP contribution in [0.4, 0.5) is 11.4 Å². The molecule has 0 saturated heterocycles. The molecular formula is C13H15BrN2O3. The third kappa shape index (κ3) is 2.49. The molecule has 1 aromatic carbocycles. The molecule has 0 spiro atoms. The van der Waals surface area contributed by atoms with Gasteiger partial charge >= 0.3 is 0 Å². The summed E-state index contributed by atoms with van der Waals surface area (Å²) in [4.78, 5) is 23.8. The largest absolute Gasteiger partial charge is 0.310 e. The van der Waals surface area contributed by atoms with Gasteiger partial charge in [0.25, 0.3) is 5.69 Å². The van der Waals surface area contributed by atoms with Crippen molar-refractivity contribution in [2.75, 3.05) is 11.9 Å². The van der Waals surface area contributed by atoms with E-state index in [0.29, 0.717) is 5.69 Å². The number of fused-ring (bicyclic) bond motifs is 1. The van der Waals surface area contributed by atoms with Gasteiger partial charge in [-0.15, -0.1) is 0 Å². The minimum Gasteiger partial charge on any atom is -0.310 e. The van der Waals surface area contributed by atoms with Gasteiger partial charge in [0, 0.05) is 24.5 Å². The highest BCUT2D eigenvalue weighted by Crippen LogP contribution is 2.41. The normalized spacial score (nSPS) is 13.8. The molecule has 0 fully saturated rings. The second-order valence-corrected chi connectivity index (χ2v) is 5.58. The highest BCUT2D eigenvalue weighted by molar-refractivity contribution is 9.10. The van der Waals surface area contributed by atoms with Crippen LogP contribution in [-0.4, -0.2) is 17.9 Å². The van der Waals surface area contributed by atoms with Crippen molar-refractivity contribution in [3.63, 3.8) is 0 Å². The quantitative estimate of drug-likeness (QED) is 0.619. The molecule has 0 heterocycles. The zero-order valence-electron chi connectivity index (χ0n) is 10.9. The van der Waals surface area contributed by atoms with Gasteiger partial charge in [0.05, 0.1) is 4.92 Å². The number of rotatable bonds is 2. The van der Waals surface area contributed by atoms with E-state index in [2.05, 4.69) is 15.9 Å². The molecule has 0 atom stereocenters. The Bertz CT molecular complexity index is 557. The van der Waals surface area contributed by atoms with Crippen molar-refractivity contribution >= 4 is 33.2 Å². The molecule has 0 N–H and O–H groups in total. The van der Waals surface area contributed by atoms with Crippen molar-refractivity contribution in [2.45, 2.75) is 32.6 Å². The van der Waals surface area contributed by atoms with Crippen LogP contribution in [-0.2, 0) is 17.6 Å². The van der Waals surface area contributed by atoms with Gasteiger partial charge < -0.3 is 4.90 Å². The van der Waals surface area contributed by atoms with Crippen molar-refractivity contribution in [1.29, 1.82) is 0 Å². The number of nitro groups is 1. The zero-order chi connectivity index (χ0) is 14.2. The fraction of sp³-hybridized carbons (Fsp3) is 0.462. The molecule has 0 radical (unpaired) electrons. The molecule has 0 aromatic heterocycles. The van der Waals surface area contributed by atoms with E-state index in [-0.39, 0.29) is 11.6 Å². The van der Waals surface area contributed by atoms with Crippen LogP contribution in [0.3, 0.4) is 0 Å². The number of benzene rings is 1. The predicted molar refractivity (Wildman–Crippen MR) is 76.5 cm³/mol. The highest BCUT2D eigenvalue weighted by atomic mass is 79.9. The van der Waals surface area contributed by atoms with Crippen molar-refractivity contribution in [2.24, 2.45) is 0 Å². The van der Waals surface area contributed by atoms with E-state index in [9.17, 15) is 14.9 Å². The molecule has 1 amide bonds. The fourth-order valence-electron chi connectivity index (χ4n) is 2.53. The Morgan fingerprint density at radius 1 is 1.37 bits per heavy atom. The summed E-state index contributed by atoms with van der Waals surface area (Å²) in [7, 11) is 1.59. The number of halogens is 1. The number of hydrogen-bond donors (Lipinski definition) is 0. The summed E-state index contributed by atoms with van der Waals surface area (Å²) in [5.74, 6) is -0.196. The standard InChI is InChI=1S/C13H15BrN2O3/c1-8(17)15(2)13-10-6-4-3-5-9(10)11(14)7-12(13)16(18)19/h7H,3-6H2,1-2H3. The van der Waals surface area contributed by atoms with Gasteiger partial charge in [-0.2, -0.15) is 0 Å². The summed E-state index contributed by atoms with van der Waals surface area (Å²) in [6, 6.07) is 1.51. The Hall–Kier alpha value is -1.43. The molecule has 0 unspecified atom stereocenters. The summed E-state index contributed by atoms with van der Waals surface area (Å²) >= 11 is 3.41. The first-order valence-electron chi connectivity index (χ1n) is 6.16. The Morgan fingerprint density at radius 2 is 1.95 bits per heavy atom. The van der Waals surface area contributed by atoms with Gasteiger partial charge in [-0.05, 0) is 36.8 Å². The van der Waals surface area contributed by atoms with Crippen LogP contribution < -0.4 is 4.90 Å². The van der Waals surface area contributed by atoms with Gasteiger partial charge in [-0.25, -0.2) is 0 Å². The minimum absolute atomic E-state index is 0.00905. The molecule has 19 heavy (non-hydrogen) atoms. The molecule has 1 aliphatic rings. The topological polar surface area (TPSA) is 63.5 Å². The van der Waals surface area contributed by atoms with Gasteiger partial charge in [0.15, 0.2) is 0 Å². The molecule has 0 saturated carbocycles. The van der Waals surface area contributed by atoms with Gasteiger partial charge in [0.1, 0.15) is 5.69 Å². The summed E-state index contributed by atoms with van der Waals surface area (Å²) in [5.41, 5.74) is 2.48. The second kappa shape index (κ2) is 5.28. The third-order valence-corrected chi connectivity index (χ3v) is 4.26. The van der Waals surface area contributed by atoms with E-state index in [0.717, 1.165) is 41.3 Å². The summed E-state index contributed by atoms with van der Waals surface area (Å²) in [6.07, 6.45) is 3.75. The van der Waals surface area contributed by atoms with E-state index in [1.165, 1.54) is 17.9 Å². The van der Waals surface area contributed by atoms with Crippen LogP contribution in [0, 0.1) is 10.1 Å². The number of anilines is 1. The van der Waals surface area contributed by atoms with E-state index in [1.807, 2.05) is 0 Å². The van der Waals surface area contributed by atoms with Crippen molar-refractivity contribution in [1.82, 2.24) is 0 Å². The predicted octanol–water partition coefficient (Wildman–Crippen LogP) is 3.22. The van der Waals surface area contributed by atoms with E-state index < -0.39 is 4.92 Å². The Kier molecular flexibility index (Phi) is 3.89. The van der Waals surface area contributed by atoms with Crippen LogP contribution in [0.2, 0.25) is 0 Å². The lowest BCUT2D eigenvalue weighted by Gasteiger charge is -2.25. The maximum atomic E-state index is 11.6. The van der Waals surface area contributed by atoms with E-state index in [1.54, 1.807) is 7.05 Å². The maximum Gasteiger partial charge on any atom is 0.294 e. The number of nitro benzene ring substituents is 1. The lowest BCUT2D eigenvalue weighted by atomic mass is 9.89. The highest BCUT2D eigenvalue weighted by Gasteiger charge is 2.28. The average Bonchev–Trinajstić information content (AvgIpc) is 2.37. The molecular weight excluding hydrogens is 312 g/mol. The summed E-state index contributed by atoms with van der Waals surface area (Å²) in [6.45, 7) is 1.42. The van der Waals surface area contributed by atoms with Crippen molar-refractivity contribution in [3.8, 4) is 0 Å². The van der Waals surface area contributed by atoms with Gasteiger partial charge in [-0.3, -0.25) is 14.9 Å². The van der Waals surface area contributed by atoms with Crippen molar-refractivity contribution < 1.29 is 9.72 Å². The Labute approximate surface area is 119 Å².